The summed E-state index contributed by atoms with van der Waals surface area (Å²) in [6, 6.07) is 12.4. The second-order valence-electron chi connectivity index (χ2n) is 8.47. The minimum absolute atomic E-state index is 0. The molecule has 180 valence electrons. The summed E-state index contributed by atoms with van der Waals surface area (Å²) >= 11 is 0. The van der Waals surface area contributed by atoms with E-state index in [2.05, 4.69) is 46.8 Å². The van der Waals surface area contributed by atoms with Crippen LogP contribution in [0.4, 0.5) is 0 Å². The summed E-state index contributed by atoms with van der Waals surface area (Å²) in [6.07, 6.45) is 7.49. The van der Waals surface area contributed by atoms with Gasteiger partial charge in [0.2, 0.25) is 5.88 Å². The van der Waals surface area contributed by atoms with Gasteiger partial charge in [0, 0.05) is 37.9 Å². The van der Waals surface area contributed by atoms with Crippen LogP contribution in [0.1, 0.15) is 56.2 Å². The molecule has 2 heterocycles. The Morgan fingerprint density at radius 3 is 2.73 bits per heavy atom. The Kier molecular flexibility index (Phi) is 9.61. The number of methoxy groups -OCH3 is 1. The third-order valence-corrected chi connectivity index (χ3v) is 6.12. The van der Waals surface area contributed by atoms with Crippen LogP contribution in [0.15, 0.2) is 47.6 Å². The number of ether oxygens (including phenoxy) is 3. The molecular weight excluding hydrogens is 531 g/mol. The lowest BCUT2D eigenvalue weighted by molar-refractivity contribution is 0.0396. The molecule has 0 amide bonds. The fourth-order valence-electron chi connectivity index (χ4n) is 4.55. The van der Waals surface area contributed by atoms with E-state index in [4.69, 9.17) is 19.2 Å². The molecule has 0 bridgehead atoms. The van der Waals surface area contributed by atoms with Gasteiger partial charge < -0.3 is 24.8 Å². The summed E-state index contributed by atoms with van der Waals surface area (Å²) in [5.41, 5.74) is 2.18. The van der Waals surface area contributed by atoms with Crippen molar-refractivity contribution in [2.24, 2.45) is 4.99 Å². The smallest absolute Gasteiger partial charge is 0.213 e. The van der Waals surface area contributed by atoms with E-state index in [0.717, 1.165) is 43.1 Å². The molecule has 1 unspecified atom stereocenters. The van der Waals surface area contributed by atoms with Crippen LogP contribution >= 0.6 is 24.0 Å². The van der Waals surface area contributed by atoms with Crippen molar-refractivity contribution >= 4 is 29.9 Å². The number of guanidine groups is 1. The number of hydrogen-bond acceptors (Lipinski definition) is 5. The largest absolute Gasteiger partial charge is 0.487 e. The standard InChI is InChI=1S/C25H34N4O3.HI/c1-3-26-24(28-18-19-10-11-23(27-17-19)31-15-14-30-2)29-21-16-25(12-6-7-13-25)32-22-9-5-4-8-20(21)22;/h4-5,8-11,17,21H,3,6-7,12-16,18H2,1-2H3,(H2,26,28,29);1H. The molecule has 0 radical (unpaired) electrons. The van der Waals surface area contributed by atoms with E-state index in [0.29, 0.717) is 25.6 Å². The molecule has 4 rings (SSSR count). The van der Waals surface area contributed by atoms with Crippen LogP contribution in [0.2, 0.25) is 0 Å². The van der Waals surface area contributed by atoms with Crippen molar-refractivity contribution in [2.45, 2.75) is 57.2 Å². The topological polar surface area (TPSA) is 77.0 Å². The van der Waals surface area contributed by atoms with E-state index in [1.54, 1.807) is 7.11 Å². The van der Waals surface area contributed by atoms with Gasteiger partial charge >= 0.3 is 0 Å². The first-order valence-electron chi connectivity index (χ1n) is 11.6. The van der Waals surface area contributed by atoms with Crippen LogP contribution in [-0.4, -0.2) is 43.4 Å². The highest BCUT2D eigenvalue weighted by molar-refractivity contribution is 14.0. The van der Waals surface area contributed by atoms with Crippen LogP contribution in [0.25, 0.3) is 0 Å². The summed E-state index contributed by atoms with van der Waals surface area (Å²) in [6.45, 7) is 4.45. The van der Waals surface area contributed by atoms with Crippen molar-refractivity contribution in [3.63, 3.8) is 0 Å². The average molecular weight is 566 g/mol. The SMILES string of the molecule is CCNC(=NCc1ccc(OCCOC)nc1)NC1CC2(CCCC2)Oc2ccccc21.I. The average Bonchev–Trinajstić information content (AvgIpc) is 3.26. The summed E-state index contributed by atoms with van der Waals surface area (Å²) in [7, 11) is 1.65. The minimum atomic E-state index is -0.0497. The molecule has 2 aliphatic rings. The van der Waals surface area contributed by atoms with Gasteiger partial charge in [-0.25, -0.2) is 9.98 Å². The molecule has 2 aromatic rings. The molecule has 1 aliphatic carbocycles. The number of pyridine rings is 1. The maximum atomic E-state index is 6.50. The van der Waals surface area contributed by atoms with Crippen molar-refractivity contribution < 1.29 is 14.2 Å². The molecule has 33 heavy (non-hydrogen) atoms. The third kappa shape index (κ3) is 6.72. The fourth-order valence-corrected chi connectivity index (χ4v) is 4.55. The van der Waals surface area contributed by atoms with Gasteiger partial charge in [-0.1, -0.05) is 24.3 Å². The summed E-state index contributed by atoms with van der Waals surface area (Å²) < 4.78 is 17.0. The number of aromatic nitrogens is 1. The predicted octanol–water partition coefficient (Wildman–Crippen LogP) is 4.62. The Bertz CT molecular complexity index is 901. The quantitative estimate of drug-likeness (QED) is 0.210. The number of nitrogens with zero attached hydrogens (tertiary/aromatic N) is 2. The van der Waals surface area contributed by atoms with Crippen LogP contribution in [-0.2, 0) is 11.3 Å². The molecule has 1 aromatic carbocycles. The van der Waals surface area contributed by atoms with Crippen LogP contribution in [0.5, 0.6) is 11.6 Å². The van der Waals surface area contributed by atoms with E-state index in [-0.39, 0.29) is 35.6 Å². The fraction of sp³-hybridized carbons (Fsp3) is 0.520. The van der Waals surface area contributed by atoms with Crippen molar-refractivity contribution in [1.82, 2.24) is 15.6 Å². The van der Waals surface area contributed by atoms with E-state index >= 15 is 0 Å². The molecular formula is C25H35IN4O3. The van der Waals surface area contributed by atoms with E-state index in [1.165, 1.54) is 18.4 Å². The van der Waals surface area contributed by atoms with E-state index in [1.807, 2.05) is 18.3 Å². The van der Waals surface area contributed by atoms with Crippen molar-refractivity contribution in [1.29, 1.82) is 0 Å². The monoisotopic (exact) mass is 566 g/mol. The van der Waals surface area contributed by atoms with E-state index in [9.17, 15) is 0 Å². The van der Waals surface area contributed by atoms with Crippen molar-refractivity contribution in [3.8, 4) is 11.6 Å². The lowest BCUT2D eigenvalue weighted by Crippen LogP contribution is -2.46. The highest BCUT2D eigenvalue weighted by Gasteiger charge is 2.43. The van der Waals surface area contributed by atoms with Crippen molar-refractivity contribution in [2.75, 3.05) is 26.9 Å². The normalized spacial score (nSPS) is 18.7. The summed E-state index contributed by atoms with van der Waals surface area (Å²) in [4.78, 5) is 9.19. The van der Waals surface area contributed by atoms with Crippen LogP contribution in [0.3, 0.4) is 0 Å². The molecule has 1 aromatic heterocycles. The Morgan fingerprint density at radius 1 is 1.18 bits per heavy atom. The first-order chi connectivity index (χ1) is 15.7. The number of benzene rings is 1. The number of rotatable bonds is 8. The van der Waals surface area contributed by atoms with Crippen molar-refractivity contribution in [3.05, 3.63) is 53.7 Å². The third-order valence-electron chi connectivity index (χ3n) is 6.12. The van der Waals surface area contributed by atoms with Gasteiger partial charge in [0.05, 0.1) is 19.2 Å². The number of hydrogen-bond donors (Lipinski definition) is 2. The Balaban J connectivity index is 0.00000306. The van der Waals surface area contributed by atoms with E-state index < -0.39 is 0 Å². The van der Waals surface area contributed by atoms with Gasteiger partial charge in [-0.05, 0) is 44.2 Å². The molecule has 7 nitrogen and oxygen atoms in total. The van der Waals surface area contributed by atoms with Gasteiger partial charge in [0.25, 0.3) is 0 Å². The summed E-state index contributed by atoms with van der Waals surface area (Å²) in [5, 5.41) is 7.07. The molecule has 1 aliphatic heterocycles. The molecule has 2 N–H and O–H groups in total. The Labute approximate surface area is 213 Å². The molecule has 8 heteroatoms. The van der Waals surface area contributed by atoms with Gasteiger partial charge in [0.15, 0.2) is 5.96 Å². The maximum absolute atomic E-state index is 6.50. The Morgan fingerprint density at radius 2 is 2.00 bits per heavy atom. The highest BCUT2D eigenvalue weighted by Crippen LogP contribution is 2.46. The van der Waals surface area contributed by atoms with Crippen LogP contribution < -0.4 is 20.1 Å². The zero-order valence-electron chi connectivity index (χ0n) is 19.5. The predicted molar refractivity (Wildman–Crippen MR) is 141 cm³/mol. The Hall–Kier alpha value is -2.07. The highest BCUT2D eigenvalue weighted by atomic mass is 127. The number of nitrogens with one attached hydrogen (secondary N) is 2. The maximum Gasteiger partial charge on any atom is 0.213 e. The van der Waals surface area contributed by atoms with Crippen LogP contribution in [0, 0.1) is 0 Å². The van der Waals surface area contributed by atoms with Gasteiger partial charge in [-0.3, -0.25) is 0 Å². The van der Waals surface area contributed by atoms with Gasteiger partial charge in [-0.2, -0.15) is 0 Å². The first-order valence-corrected chi connectivity index (χ1v) is 11.6. The molecule has 1 atom stereocenters. The molecule has 0 saturated heterocycles. The number of halogens is 1. The number of para-hydroxylation sites is 1. The number of fused-ring (bicyclic) bond motifs is 1. The zero-order chi connectivity index (χ0) is 22.2. The number of aliphatic imine (C=N–C) groups is 1. The second-order valence-corrected chi connectivity index (χ2v) is 8.47. The molecule has 1 saturated carbocycles. The van der Waals surface area contributed by atoms with Gasteiger partial charge in [0.1, 0.15) is 18.0 Å². The lowest BCUT2D eigenvalue weighted by Gasteiger charge is -2.40. The minimum Gasteiger partial charge on any atom is -0.487 e. The summed E-state index contributed by atoms with van der Waals surface area (Å²) in [5.74, 6) is 2.41. The van der Waals surface area contributed by atoms with Gasteiger partial charge in [-0.15, -0.1) is 24.0 Å². The second kappa shape index (κ2) is 12.4. The lowest BCUT2D eigenvalue weighted by atomic mass is 9.86. The molecule has 1 fully saturated rings. The first kappa shape index (κ1) is 25.6. The molecule has 1 spiro atoms. The zero-order valence-corrected chi connectivity index (χ0v) is 21.8.